The average Bonchev–Trinajstić information content (AvgIpc) is 2.34. The summed E-state index contributed by atoms with van der Waals surface area (Å²) in [4.78, 5) is 12.3. The van der Waals surface area contributed by atoms with Gasteiger partial charge in [-0.05, 0) is 55.7 Å². The highest BCUT2D eigenvalue weighted by molar-refractivity contribution is 6.06. The standard InChI is InChI=1S/C16H18N2O/c1-10-6-4-5-7-14(10)16(19)18-15-11(2)8-13(17)9-12(15)3/h4-9H,17H2,1-3H3,(H,18,19). The molecule has 1 amide bonds. The van der Waals surface area contributed by atoms with Crippen LogP contribution >= 0.6 is 0 Å². The number of hydrogen-bond donors (Lipinski definition) is 2. The van der Waals surface area contributed by atoms with Crippen LogP contribution in [-0.4, -0.2) is 5.91 Å². The molecule has 2 rings (SSSR count). The maximum atomic E-state index is 12.3. The summed E-state index contributed by atoms with van der Waals surface area (Å²) in [6, 6.07) is 11.3. The van der Waals surface area contributed by atoms with Crippen molar-refractivity contribution in [2.45, 2.75) is 20.8 Å². The molecule has 0 aromatic heterocycles. The monoisotopic (exact) mass is 254 g/mol. The van der Waals surface area contributed by atoms with Crippen LogP contribution in [0, 0.1) is 20.8 Å². The van der Waals surface area contributed by atoms with E-state index in [-0.39, 0.29) is 5.91 Å². The largest absolute Gasteiger partial charge is 0.399 e. The molecule has 98 valence electrons. The maximum Gasteiger partial charge on any atom is 0.255 e. The first kappa shape index (κ1) is 13.1. The Morgan fingerprint density at radius 2 is 1.58 bits per heavy atom. The molecule has 3 nitrogen and oxygen atoms in total. The Labute approximate surface area is 113 Å². The maximum absolute atomic E-state index is 12.3. The lowest BCUT2D eigenvalue weighted by atomic mass is 10.1. The number of amides is 1. The van der Waals surface area contributed by atoms with Crippen molar-refractivity contribution < 1.29 is 4.79 Å². The Morgan fingerprint density at radius 1 is 1.00 bits per heavy atom. The van der Waals surface area contributed by atoms with E-state index >= 15 is 0 Å². The van der Waals surface area contributed by atoms with Gasteiger partial charge in [-0.2, -0.15) is 0 Å². The van der Waals surface area contributed by atoms with Crippen molar-refractivity contribution in [1.29, 1.82) is 0 Å². The summed E-state index contributed by atoms with van der Waals surface area (Å²) < 4.78 is 0. The van der Waals surface area contributed by atoms with Gasteiger partial charge in [0.2, 0.25) is 0 Å². The summed E-state index contributed by atoms with van der Waals surface area (Å²) in [5, 5.41) is 2.97. The lowest BCUT2D eigenvalue weighted by Crippen LogP contribution is -2.15. The molecule has 0 aliphatic rings. The van der Waals surface area contributed by atoms with Gasteiger partial charge >= 0.3 is 0 Å². The van der Waals surface area contributed by atoms with Gasteiger partial charge in [-0.25, -0.2) is 0 Å². The van der Waals surface area contributed by atoms with E-state index in [4.69, 9.17) is 5.73 Å². The van der Waals surface area contributed by atoms with E-state index in [1.807, 2.05) is 57.2 Å². The van der Waals surface area contributed by atoms with Crippen LogP contribution in [0.3, 0.4) is 0 Å². The van der Waals surface area contributed by atoms with E-state index in [1.165, 1.54) is 0 Å². The fraction of sp³-hybridized carbons (Fsp3) is 0.188. The van der Waals surface area contributed by atoms with Crippen LogP contribution in [0.5, 0.6) is 0 Å². The third-order valence-electron chi connectivity index (χ3n) is 3.18. The summed E-state index contributed by atoms with van der Waals surface area (Å²) in [5.41, 5.74) is 10.9. The normalized spacial score (nSPS) is 10.3. The summed E-state index contributed by atoms with van der Waals surface area (Å²) in [7, 11) is 0. The number of carbonyl (C=O) groups is 1. The van der Waals surface area contributed by atoms with E-state index in [9.17, 15) is 4.79 Å². The molecule has 2 aromatic rings. The lowest BCUT2D eigenvalue weighted by molar-refractivity contribution is 0.102. The molecule has 0 spiro atoms. The van der Waals surface area contributed by atoms with Crippen molar-refractivity contribution in [2.24, 2.45) is 0 Å². The predicted molar refractivity (Wildman–Crippen MR) is 79.5 cm³/mol. The molecular formula is C16H18N2O. The van der Waals surface area contributed by atoms with Gasteiger partial charge in [0.15, 0.2) is 0 Å². The lowest BCUT2D eigenvalue weighted by Gasteiger charge is -2.13. The zero-order valence-corrected chi connectivity index (χ0v) is 11.4. The molecule has 3 heteroatoms. The molecule has 0 aliphatic carbocycles. The first-order chi connectivity index (χ1) is 8.99. The first-order valence-electron chi connectivity index (χ1n) is 6.22. The number of rotatable bonds is 2. The quantitative estimate of drug-likeness (QED) is 0.806. The minimum atomic E-state index is -0.0888. The third-order valence-corrected chi connectivity index (χ3v) is 3.18. The molecule has 0 heterocycles. The van der Waals surface area contributed by atoms with Gasteiger partial charge in [0, 0.05) is 16.9 Å². The number of benzene rings is 2. The van der Waals surface area contributed by atoms with Gasteiger partial charge < -0.3 is 11.1 Å². The van der Waals surface area contributed by atoms with Gasteiger partial charge in [0.05, 0.1) is 0 Å². The van der Waals surface area contributed by atoms with Crippen molar-refractivity contribution in [1.82, 2.24) is 0 Å². The molecule has 0 bridgehead atoms. The van der Waals surface area contributed by atoms with Crippen LogP contribution in [-0.2, 0) is 0 Å². The molecule has 0 unspecified atom stereocenters. The van der Waals surface area contributed by atoms with Gasteiger partial charge in [0.1, 0.15) is 0 Å². The minimum absolute atomic E-state index is 0.0888. The van der Waals surface area contributed by atoms with Crippen LogP contribution in [0.4, 0.5) is 11.4 Å². The minimum Gasteiger partial charge on any atom is -0.399 e. The second-order valence-corrected chi connectivity index (χ2v) is 4.80. The van der Waals surface area contributed by atoms with Crippen molar-refractivity contribution in [3.05, 3.63) is 58.7 Å². The summed E-state index contributed by atoms with van der Waals surface area (Å²) in [5.74, 6) is -0.0888. The topological polar surface area (TPSA) is 55.1 Å². The molecule has 0 fully saturated rings. The van der Waals surface area contributed by atoms with E-state index in [0.29, 0.717) is 11.3 Å². The number of aryl methyl sites for hydroxylation is 3. The molecule has 19 heavy (non-hydrogen) atoms. The van der Waals surface area contributed by atoms with E-state index < -0.39 is 0 Å². The van der Waals surface area contributed by atoms with Crippen LogP contribution in [0.25, 0.3) is 0 Å². The molecule has 3 N–H and O–H groups in total. The highest BCUT2D eigenvalue weighted by atomic mass is 16.1. The van der Waals surface area contributed by atoms with Gasteiger partial charge in [-0.3, -0.25) is 4.79 Å². The first-order valence-corrected chi connectivity index (χ1v) is 6.22. The Kier molecular flexibility index (Phi) is 3.56. The highest BCUT2D eigenvalue weighted by Crippen LogP contribution is 2.24. The summed E-state index contributed by atoms with van der Waals surface area (Å²) in [6.07, 6.45) is 0. The zero-order chi connectivity index (χ0) is 14.0. The molecule has 2 aromatic carbocycles. The molecule has 0 aliphatic heterocycles. The number of nitrogen functional groups attached to an aromatic ring is 1. The van der Waals surface area contributed by atoms with Gasteiger partial charge in [-0.15, -0.1) is 0 Å². The Hall–Kier alpha value is -2.29. The second kappa shape index (κ2) is 5.14. The number of nitrogens with two attached hydrogens (primary N) is 1. The Balaban J connectivity index is 2.32. The third kappa shape index (κ3) is 2.76. The van der Waals surface area contributed by atoms with Crippen molar-refractivity contribution in [3.63, 3.8) is 0 Å². The molecule has 0 atom stereocenters. The van der Waals surface area contributed by atoms with Crippen molar-refractivity contribution >= 4 is 17.3 Å². The highest BCUT2D eigenvalue weighted by Gasteiger charge is 2.11. The van der Waals surface area contributed by atoms with Crippen LogP contribution in [0.2, 0.25) is 0 Å². The number of hydrogen-bond acceptors (Lipinski definition) is 2. The number of carbonyl (C=O) groups excluding carboxylic acids is 1. The Morgan fingerprint density at radius 3 is 2.16 bits per heavy atom. The molecule has 0 radical (unpaired) electrons. The Bertz CT molecular complexity index is 609. The van der Waals surface area contributed by atoms with Crippen LogP contribution in [0.1, 0.15) is 27.0 Å². The SMILES string of the molecule is Cc1ccccc1C(=O)Nc1c(C)cc(N)cc1C. The van der Waals surface area contributed by atoms with E-state index in [1.54, 1.807) is 0 Å². The molecule has 0 saturated carbocycles. The molecular weight excluding hydrogens is 236 g/mol. The summed E-state index contributed by atoms with van der Waals surface area (Å²) >= 11 is 0. The van der Waals surface area contributed by atoms with Gasteiger partial charge in [0.25, 0.3) is 5.91 Å². The van der Waals surface area contributed by atoms with Crippen molar-refractivity contribution in [2.75, 3.05) is 11.1 Å². The zero-order valence-electron chi connectivity index (χ0n) is 11.4. The molecule has 0 saturated heterocycles. The summed E-state index contributed by atoms with van der Waals surface area (Å²) in [6.45, 7) is 5.81. The smallest absolute Gasteiger partial charge is 0.255 e. The van der Waals surface area contributed by atoms with E-state index in [0.717, 1.165) is 22.4 Å². The van der Waals surface area contributed by atoms with E-state index in [2.05, 4.69) is 5.32 Å². The van der Waals surface area contributed by atoms with Crippen LogP contribution < -0.4 is 11.1 Å². The van der Waals surface area contributed by atoms with Gasteiger partial charge in [-0.1, -0.05) is 18.2 Å². The number of anilines is 2. The second-order valence-electron chi connectivity index (χ2n) is 4.80. The predicted octanol–water partition coefficient (Wildman–Crippen LogP) is 3.45. The van der Waals surface area contributed by atoms with Crippen molar-refractivity contribution in [3.8, 4) is 0 Å². The fourth-order valence-corrected chi connectivity index (χ4v) is 2.20. The number of nitrogens with one attached hydrogen (secondary N) is 1. The fourth-order valence-electron chi connectivity index (χ4n) is 2.20. The average molecular weight is 254 g/mol. The van der Waals surface area contributed by atoms with Crippen LogP contribution in [0.15, 0.2) is 36.4 Å².